The Morgan fingerprint density at radius 1 is 1.00 bits per heavy atom. The molecule has 164 valence electrons. The summed E-state index contributed by atoms with van der Waals surface area (Å²) in [7, 11) is 0. The summed E-state index contributed by atoms with van der Waals surface area (Å²) in [6, 6.07) is 14.7. The molecule has 1 heterocycles. The van der Waals surface area contributed by atoms with Crippen LogP contribution in [0.15, 0.2) is 48.5 Å². The van der Waals surface area contributed by atoms with Crippen LogP contribution in [-0.2, 0) is 11.3 Å². The molecule has 0 aromatic heterocycles. The second-order valence-electron chi connectivity index (χ2n) is 8.07. The van der Waals surface area contributed by atoms with Gasteiger partial charge in [-0.1, -0.05) is 29.8 Å². The SMILES string of the molecule is CC(=O)NCc1ccc(C(=O)N2CCCC(CNC(=O)Nc3ccc(C)cc3)C2)cc1. The fourth-order valence-corrected chi connectivity index (χ4v) is 3.64. The van der Waals surface area contributed by atoms with E-state index in [1.54, 1.807) is 12.1 Å². The van der Waals surface area contributed by atoms with Crippen molar-refractivity contribution in [1.29, 1.82) is 0 Å². The molecule has 0 saturated carbocycles. The number of hydrogen-bond acceptors (Lipinski definition) is 3. The number of hydrogen-bond donors (Lipinski definition) is 3. The van der Waals surface area contributed by atoms with Crippen LogP contribution in [0, 0.1) is 12.8 Å². The second-order valence-corrected chi connectivity index (χ2v) is 8.07. The van der Waals surface area contributed by atoms with Crippen LogP contribution in [0.2, 0.25) is 0 Å². The molecule has 7 nitrogen and oxygen atoms in total. The average molecular weight is 423 g/mol. The predicted octanol–water partition coefficient (Wildman–Crippen LogP) is 3.31. The number of carbonyl (C=O) groups is 3. The van der Waals surface area contributed by atoms with Gasteiger partial charge in [0, 0.05) is 44.4 Å². The van der Waals surface area contributed by atoms with Crippen molar-refractivity contribution in [2.45, 2.75) is 33.2 Å². The molecule has 7 heteroatoms. The van der Waals surface area contributed by atoms with Crippen LogP contribution in [0.4, 0.5) is 10.5 Å². The lowest BCUT2D eigenvalue weighted by molar-refractivity contribution is -0.119. The van der Waals surface area contributed by atoms with Crippen LogP contribution >= 0.6 is 0 Å². The smallest absolute Gasteiger partial charge is 0.319 e. The molecule has 4 amide bonds. The van der Waals surface area contributed by atoms with Gasteiger partial charge in [0.25, 0.3) is 5.91 Å². The van der Waals surface area contributed by atoms with Gasteiger partial charge in [0.1, 0.15) is 0 Å². The zero-order valence-corrected chi connectivity index (χ0v) is 18.1. The van der Waals surface area contributed by atoms with E-state index in [9.17, 15) is 14.4 Å². The van der Waals surface area contributed by atoms with Crippen LogP contribution in [0.25, 0.3) is 0 Å². The van der Waals surface area contributed by atoms with E-state index in [1.165, 1.54) is 6.92 Å². The maximum Gasteiger partial charge on any atom is 0.319 e. The zero-order valence-electron chi connectivity index (χ0n) is 18.1. The third-order valence-electron chi connectivity index (χ3n) is 5.41. The summed E-state index contributed by atoms with van der Waals surface area (Å²) in [5, 5.41) is 8.50. The number of anilines is 1. The lowest BCUT2D eigenvalue weighted by atomic mass is 9.97. The number of nitrogens with zero attached hydrogens (tertiary/aromatic N) is 1. The fourth-order valence-electron chi connectivity index (χ4n) is 3.64. The van der Waals surface area contributed by atoms with Crippen LogP contribution in [0.1, 0.15) is 41.3 Å². The van der Waals surface area contributed by atoms with Gasteiger partial charge in [-0.2, -0.15) is 0 Å². The van der Waals surface area contributed by atoms with E-state index < -0.39 is 0 Å². The lowest BCUT2D eigenvalue weighted by Gasteiger charge is -2.33. The number of carbonyl (C=O) groups excluding carboxylic acids is 3. The summed E-state index contributed by atoms with van der Waals surface area (Å²) >= 11 is 0. The Kier molecular flexibility index (Phi) is 7.65. The summed E-state index contributed by atoms with van der Waals surface area (Å²) in [5.74, 6) is 0.140. The van der Waals surface area contributed by atoms with Gasteiger partial charge < -0.3 is 20.9 Å². The first-order valence-corrected chi connectivity index (χ1v) is 10.6. The number of urea groups is 1. The third-order valence-corrected chi connectivity index (χ3v) is 5.41. The molecule has 1 atom stereocenters. The standard InChI is InChI=1S/C24H30N4O3/c1-17-5-11-22(12-6-17)27-24(31)26-15-20-4-3-13-28(16-20)23(30)21-9-7-19(8-10-21)14-25-18(2)29/h5-12,20H,3-4,13-16H2,1-2H3,(H,25,29)(H2,26,27,31). The summed E-state index contributed by atoms with van der Waals surface area (Å²) in [6.07, 6.45) is 1.89. The van der Waals surface area contributed by atoms with Crippen LogP contribution in [-0.4, -0.2) is 42.4 Å². The van der Waals surface area contributed by atoms with Crippen molar-refractivity contribution in [1.82, 2.24) is 15.5 Å². The summed E-state index contributed by atoms with van der Waals surface area (Å²) in [4.78, 5) is 37.9. The highest BCUT2D eigenvalue weighted by atomic mass is 16.2. The van der Waals surface area contributed by atoms with Gasteiger partial charge in [-0.25, -0.2) is 4.79 Å². The number of rotatable bonds is 6. The molecule has 3 rings (SSSR count). The molecule has 1 unspecified atom stereocenters. The molecular formula is C24H30N4O3. The normalized spacial score (nSPS) is 15.8. The van der Waals surface area contributed by atoms with Gasteiger partial charge in [-0.05, 0) is 55.5 Å². The molecular weight excluding hydrogens is 392 g/mol. The second kappa shape index (κ2) is 10.6. The lowest BCUT2D eigenvalue weighted by Crippen LogP contribution is -2.44. The Morgan fingerprint density at radius 2 is 1.71 bits per heavy atom. The molecule has 1 fully saturated rings. The van der Waals surface area contributed by atoms with Gasteiger partial charge in [-0.3, -0.25) is 9.59 Å². The minimum atomic E-state index is -0.234. The predicted molar refractivity (Wildman–Crippen MR) is 121 cm³/mol. The number of piperidine rings is 1. The number of likely N-dealkylation sites (tertiary alicyclic amines) is 1. The van der Waals surface area contributed by atoms with Crippen LogP contribution in [0.3, 0.4) is 0 Å². The van der Waals surface area contributed by atoms with Crippen molar-refractivity contribution < 1.29 is 14.4 Å². The molecule has 0 radical (unpaired) electrons. The maximum atomic E-state index is 12.9. The van der Waals surface area contributed by atoms with Crippen LogP contribution in [0.5, 0.6) is 0 Å². The van der Waals surface area contributed by atoms with Crippen molar-refractivity contribution in [3.63, 3.8) is 0 Å². The molecule has 0 bridgehead atoms. The Hall–Kier alpha value is -3.35. The Morgan fingerprint density at radius 3 is 2.39 bits per heavy atom. The largest absolute Gasteiger partial charge is 0.352 e. The summed E-state index contributed by atoms with van der Waals surface area (Å²) < 4.78 is 0. The number of amides is 4. The Bertz CT molecular complexity index is 909. The first-order valence-electron chi connectivity index (χ1n) is 10.6. The zero-order chi connectivity index (χ0) is 22.2. The number of benzene rings is 2. The van der Waals surface area contributed by atoms with Crippen molar-refractivity contribution in [2.24, 2.45) is 5.92 Å². The number of aryl methyl sites for hydroxylation is 1. The van der Waals surface area contributed by atoms with Gasteiger partial charge in [-0.15, -0.1) is 0 Å². The van der Waals surface area contributed by atoms with Crippen molar-refractivity contribution in [2.75, 3.05) is 25.0 Å². The van der Waals surface area contributed by atoms with E-state index in [1.807, 2.05) is 48.2 Å². The Labute approximate surface area is 183 Å². The van der Waals surface area contributed by atoms with Crippen molar-refractivity contribution in [3.05, 3.63) is 65.2 Å². The maximum absolute atomic E-state index is 12.9. The first-order chi connectivity index (χ1) is 14.9. The van der Waals surface area contributed by atoms with Gasteiger partial charge in [0.15, 0.2) is 0 Å². The highest BCUT2D eigenvalue weighted by Crippen LogP contribution is 2.19. The van der Waals surface area contributed by atoms with Gasteiger partial charge >= 0.3 is 6.03 Å². The topological polar surface area (TPSA) is 90.5 Å². The third kappa shape index (κ3) is 6.84. The highest BCUT2D eigenvalue weighted by molar-refractivity contribution is 5.94. The van der Waals surface area contributed by atoms with E-state index in [0.29, 0.717) is 25.2 Å². The van der Waals surface area contributed by atoms with E-state index >= 15 is 0 Å². The molecule has 1 aliphatic heterocycles. The van der Waals surface area contributed by atoms with E-state index in [4.69, 9.17) is 0 Å². The summed E-state index contributed by atoms with van der Waals surface area (Å²) in [5.41, 5.74) is 3.48. The molecule has 0 aliphatic carbocycles. The van der Waals surface area contributed by atoms with Crippen LogP contribution < -0.4 is 16.0 Å². The first kappa shape index (κ1) is 22.3. The fraction of sp³-hybridized carbons (Fsp3) is 0.375. The minimum Gasteiger partial charge on any atom is -0.352 e. The van der Waals surface area contributed by atoms with E-state index in [0.717, 1.165) is 36.2 Å². The molecule has 2 aromatic carbocycles. The molecule has 3 N–H and O–H groups in total. The average Bonchev–Trinajstić information content (AvgIpc) is 2.78. The Balaban J connectivity index is 1.48. The highest BCUT2D eigenvalue weighted by Gasteiger charge is 2.24. The molecule has 31 heavy (non-hydrogen) atoms. The molecule has 0 spiro atoms. The minimum absolute atomic E-state index is 0.000107. The molecule has 2 aromatic rings. The van der Waals surface area contributed by atoms with Gasteiger partial charge in [0.05, 0.1) is 0 Å². The molecule has 1 saturated heterocycles. The van der Waals surface area contributed by atoms with E-state index in [-0.39, 0.29) is 23.8 Å². The van der Waals surface area contributed by atoms with Gasteiger partial charge in [0.2, 0.25) is 5.91 Å². The van der Waals surface area contributed by atoms with E-state index in [2.05, 4.69) is 16.0 Å². The van der Waals surface area contributed by atoms with Crippen molar-refractivity contribution >= 4 is 23.5 Å². The number of nitrogens with one attached hydrogen (secondary N) is 3. The molecule has 1 aliphatic rings. The quantitative estimate of drug-likeness (QED) is 0.667. The summed E-state index contributed by atoms with van der Waals surface area (Å²) in [6.45, 7) is 5.80. The monoisotopic (exact) mass is 422 g/mol. The van der Waals surface area contributed by atoms with Crippen molar-refractivity contribution in [3.8, 4) is 0 Å².